The Morgan fingerprint density at radius 2 is 2.15 bits per heavy atom. The van der Waals surface area contributed by atoms with Crippen molar-refractivity contribution in [1.82, 2.24) is 0 Å². The molecule has 0 aromatic heterocycles. The van der Waals surface area contributed by atoms with Crippen LogP contribution >= 0.6 is 0 Å². The quantitative estimate of drug-likeness (QED) is 0.751. The average molecular weight is 176 g/mol. The molecule has 2 heteroatoms. The predicted octanol–water partition coefficient (Wildman–Crippen LogP) is 2.57. The molecule has 1 aliphatic carbocycles. The summed E-state index contributed by atoms with van der Waals surface area (Å²) in [6.45, 7) is 1.92. The highest BCUT2D eigenvalue weighted by Crippen LogP contribution is 2.41. The van der Waals surface area contributed by atoms with E-state index in [4.69, 9.17) is 5.11 Å². The van der Waals surface area contributed by atoms with Gasteiger partial charge in [-0.25, -0.2) is 4.79 Å². The fourth-order valence-corrected chi connectivity index (χ4v) is 1.61. The fourth-order valence-electron chi connectivity index (χ4n) is 1.61. The molecule has 1 aromatic carbocycles. The lowest BCUT2D eigenvalue weighted by Crippen LogP contribution is -2.01. The molecule has 68 valence electrons. The number of carbonyl (C=O) groups is 1. The maximum absolute atomic E-state index is 10.9. The van der Waals surface area contributed by atoms with E-state index < -0.39 is 5.97 Å². The van der Waals surface area contributed by atoms with E-state index in [-0.39, 0.29) is 0 Å². The molecule has 0 unspecified atom stereocenters. The molecule has 0 aliphatic heterocycles. The monoisotopic (exact) mass is 176 g/mol. The summed E-state index contributed by atoms with van der Waals surface area (Å²) in [4.78, 5) is 10.9. The van der Waals surface area contributed by atoms with Gasteiger partial charge in [0.15, 0.2) is 0 Å². The predicted molar refractivity (Wildman–Crippen MR) is 50.1 cm³/mol. The number of hydrogen-bond donors (Lipinski definition) is 1. The van der Waals surface area contributed by atoms with Crippen molar-refractivity contribution in [3.8, 4) is 0 Å². The zero-order valence-electron chi connectivity index (χ0n) is 7.58. The van der Waals surface area contributed by atoms with Crippen molar-refractivity contribution in [3.63, 3.8) is 0 Å². The van der Waals surface area contributed by atoms with Gasteiger partial charge in [-0.05, 0) is 37.3 Å². The van der Waals surface area contributed by atoms with E-state index >= 15 is 0 Å². The van der Waals surface area contributed by atoms with Gasteiger partial charge in [0, 0.05) is 0 Å². The second-order valence-corrected chi connectivity index (χ2v) is 3.67. The van der Waals surface area contributed by atoms with E-state index in [0.717, 1.165) is 24.0 Å². The van der Waals surface area contributed by atoms with Gasteiger partial charge in [-0.3, -0.25) is 0 Å². The highest BCUT2D eigenvalue weighted by Gasteiger charge is 2.27. The second kappa shape index (κ2) is 2.87. The van der Waals surface area contributed by atoms with E-state index in [2.05, 4.69) is 0 Å². The first-order valence-corrected chi connectivity index (χ1v) is 4.52. The molecule has 0 heterocycles. The Morgan fingerprint density at radius 1 is 1.46 bits per heavy atom. The van der Waals surface area contributed by atoms with Crippen molar-refractivity contribution in [3.05, 3.63) is 34.9 Å². The van der Waals surface area contributed by atoms with Crippen LogP contribution in [-0.4, -0.2) is 11.1 Å². The van der Waals surface area contributed by atoms with Gasteiger partial charge in [-0.15, -0.1) is 0 Å². The minimum Gasteiger partial charge on any atom is -0.478 e. The van der Waals surface area contributed by atoms with Crippen molar-refractivity contribution >= 4 is 5.97 Å². The third kappa shape index (κ3) is 1.57. The second-order valence-electron chi connectivity index (χ2n) is 3.67. The van der Waals surface area contributed by atoms with Gasteiger partial charge < -0.3 is 5.11 Å². The molecule has 1 N–H and O–H groups in total. The number of aryl methyl sites for hydroxylation is 1. The standard InChI is InChI=1S/C11H12O2/c1-7-2-5-9(8-3-4-8)10(6-7)11(12)13/h2,5-6,8H,3-4H2,1H3,(H,12,13). The van der Waals surface area contributed by atoms with Crippen molar-refractivity contribution in [2.24, 2.45) is 0 Å². The molecule has 2 rings (SSSR count). The summed E-state index contributed by atoms with van der Waals surface area (Å²) in [5.41, 5.74) is 2.52. The third-order valence-electron chi connectivity index (χ3n) is 2.46. The summed E-state index contributed by atoms with van der Waals surface area (Å²) < 4.78 is 0. The number of carboxylic acids is 1. The Bertz CT molecular complexity index is 351. The Morgan fingerprint density at radius 3 is 2.69 bits per heavy atom. The van der Waals surface area contributed by atoms with Gasteiger partial charge in [0.25, 0.3) is 0 Å². The van der Waals surface area contributed by atoms with Gasteiger partial charge in [-0.1, -0.05) is 17.7 Å². The summed E-state index contributed by atoms with van der Waals surface area (Å²) in [6.07, 6.45) is 2.28. The van der Waals surface area contributed by atoms with Gasteiger partial charge >= 0.3 is 5.97 Å². The zero-order valence-corrected chi connectivity index (χ0v) is 7.58. The fraction of sp³-hybridized carbons (Fsp3) is 0.364. The summed E-state index contributed by atoms with van der Waals surface area (Å²) in [7, 11) is 0. The molecule has 0 atom stereocenters. The van der Waals surface area contributed by atoms with E-state index in [0.29, 0.717) is 11.5 Å². The number of carboxylic acid groups (broad SMARTS) is 1. The van der Waals surface area contributed by atoms with Crippen molar-refractivity contribution in [2.75, 3.05) is 0 Å². The van der Waals surface area contributed by atoms with E-state index in [9.17, 15) is 4.79 Å². The number of benzene rings is 1. The number of rotatable bonds is 2. The van der Waals surface area contributed by atoms with Crippen molar-refractivity contribution in [1.29, 1.82) is 0 Å². The lowest BCUT2D eigenvalue weighted by molar-refractivity contribution is 0.0695. The molecular formula is C11H12O2. The van der Waals surface area contributed by atoms with Crippen LogP contribution in [0.1, 0.15) is 40.2 Å². The van der Waals surface area contributed by atoms with E-state index in [1.807, 2.05) is 19.1 Å². The Balaban J connectivity index is 2.47. The molecule has 1 fully saturated rings. The van der Waals surface area contributed by atoms with Crippen LogP contribution in [-0.2, 0) is 0 Å². The molecular weight excluding hydrogens is 164 g/mol. The molecule has 13 heavy (non-hydrogen) atoms. The van der Waals surface area contributed by atoms with Gasteiger partial charge in [0.2, 0.25) is 0 Å². The van der Waals surface area contributed by atoms with Crippen LogP contribution in [0.5, 0.6) is 0 Å². The topological polar surface area (TPSA) is 37.3 Å². The smallest absolute Gasteiger partial charge is 0.335 e. The number of hydrogen-bond acceptors (Lipinski definition) is 1. The Hall–Kier alpha value is -1.31. The van der Waals surface area contributed by atoms with E-state index in [1.54, 1.807) is 6.07 Å². The minimum atomic E-state index is -0.800. The van der Waals surface area contributed by atoms with Gasteiger partial charge in [0.05, 0.1) is 5.56 Å². The molecule has 0 spiro atoms. The van der Waals surface area contributed by atoms with E-state index in [1.165, 1.54) is 0 Å². The molecule has 1 aliphatic rings. The number of aromatic carboxylic acids is 1. The summed E-state index contributed by atoms with van der Waals surface area (Å²) in [5.74, 6) is -0.294. The Kier molecular flexibility index (Phi) is 1.83. The Labute approximate surface area is 77.2 Å². The summed E-state index contributed by atoms with van der Waals surface area (Å²) >= 11 is 0. The van der Waals surface area contributed by atoms with Crippen LogP contribution in [0, 0.1) is 6.92 Å². The summed E-state index contributed by atoms with van der Waals surface area (Å²) in [6, 6.07) is 5.70. The zero-order chi connectivity index (χ0) is 9.42. The highest BCUT2D eigenvalue weighted by molar-refractivity contribution is 5.90. The first-order chi connectivity index (χ1) is 6.18. The molecule has 2 nitrogen and oxygen atoms in total. The van der Waals surface area contributed by atoms with Crippen LogP contribution < -0.4 is 0 Å². The van der Waals surface area contributed by atoms with Crippen molar-refractivity contribution in [2.45, 2.75) is 25.7 Å². The lowest BCUT2D eigenvalue weighted by Gasteiger charge is -2.04. The van der Waals surface area contributed by atoms with Gasteiger partial charge in [0.1, 0.15) is 0 Å². The first kappa shape index (κ1) is 8.30. The molecule has 1 aromatic rings. The SMILES string of the molecule is Cc1ccc(C2CC2)c(C(=O)O)c1. The molecule has 0 amide bonds. The van der Waals surface area contributed by atoms with Crippen molar-refractivity contribution < 1.29 is 9.90 Å². The highest BCUT2D eigenvalue weighted by atomic mass is 16.4. The molecule has 0 saturated heterocycles. The summed E-state index contributed by atoms with van der Waals surface area (Å²) in [5, 5.41) is 8.97. The maximum Gasteiger partial charge on any atom is 0.335 e. The maximum atomic E-state index is 10.9. The normalized spacial score (nSPS) is 15.8. The molecule has 0 radical (unpaired) electrons. The average Bonchev–Trinajstić information content (AvgIpc) is 2.87. The van der Waals surface area contributed by atoms with Crippen LogP contribution in [0.4, 0.5) is 0 Å². The van der Waals surface area contributed by atoms with Crippen LogP contribution in [0.15, 0.2) is 18.2 Å². The van der Waals surface area contributed by atoms with Crippen LogP contribution in [0.3, 0.4) is 0 Å². The molecule has 0 bridgehead atoms. The lowest BCUT2D eigenvalue weighted by atomic mass is 10.0. The van der Waals surface area contributed by atoms with Crippen LogP contribution in [0.2, 0.25) is 0 Å². The minimum absolute atomic E-state index is 0.488. The first-order valence-electron chi connectivity index (χ1n) is 4.52. The third-order valence-corrected chi connectivity index (χ3v) is 2.46. The molecule has 1 saturated carbocycles. The largest absolute Gasteiger partial charge is 0.478 e. The van der Waals surface area contributed by atoms with Gasteiger partial charge in [-0.2, -0.15) is 0 Å². The van der Waals surface area contributed by atoms with Crippen LogP contribution in [0.25, 0.3) is 0 Å².